The number of carbonyl (C=O) groups is 1. The zero-order valence-corrected chi connectivity index (χ0v) is 22.4. The Morgan fingerprint density at radius 1 is 0.789 bits per heavy atom. The summed E-state index contributed by atoms with van der Waals surface area (Å²) in [6.45, 7) is -0.575. The first kappa shape index (κ1) is 28.4. The van der Waals surface area contributed by atoms with E-state index in [1.807, 2.05) is 0 Å². The molecule has 0 saturated carbocycles. The van der Waals surface area contributed by atoms with Crippen LogP contribution in [0.4, 0.5) is 10.1 Å². The average molecular weight is 549 g/mol. The molecule has 0 heterocycles. The Bertz CT molecular complexity index is 1380. The van der Waals surface area contributed by atoms with Crippen molar-refractivity contribution in [3.63, 3.8) is 0 Å². The number of amides is 1. The minimum Gasteiger partial charge on any atom is -0.493 e. The van der Waals surface area contributed by atoms with E-state index in [0.717, 1.165) is 16.4 Å². The number of sulfonamides is 1. The topological polar surface area (TPSA) is 113 Å². The first-order valence-electron chi connectivity index (χ1n) is 11.2. The van der Waals surface area contributed by atoms with Gasteiger partial charge in [0, 0.05) is 18.2 Å². The van der Waals surface area contributed by atoms with Crippen LogP contribution >= 0.6 is 0 Å². The number of halogens is 1. The minimum atomic E-state index is -4.28. The Kier molecular flexibility index (Phi) is 9.24. The van der Waals surface area contributed by atoms with Gasteiger partial charge >= 0.3 is 0 Å². The van der Waals surface area contributed by atoms with Gasteiger partial charge in [-0.25, -0.2) is 12.8 Å². The maximum absolute atomic E-state index is 13.7. The third kappa shape index (κ3) is 6.02. The fourth-order valence-electron chi connectivity index (χ4n) is 3.71. The summed E-state index contributed by atoms with van der Waals surface area (Å²) >= 11 is 0. The van der Waals surface area contributed by atoms with Crippen molar-refractivity contribution in [2.45, 2.75) is 11.4 Å². The summed E-state index contributed by atoms with van der Waals surface area (Å²) in [6, 6.07) is 12.2. The van der Waals surface area contributed by atoms with E-state index in [1.165, 1.54) is 65.9 Å². The molecule has 0 fully saturated rings. The lowest BCUT2D eigenvalue weighted by Gasteiger charge is -2.24. The van der Waals surface area contributed by atoms with E-state index in [4.69, 9.17) is 23.7 Å². The number of nitrogens with zero attached hydrogens (tertiary/aromatic N) is 1. The van der Waals surface area contributed by atoms with Crippen molar-refractivity contribution in [3.8, 4) is 28.7 Å². The molecule has 0 aromatic heterocycles. The molecule has 10 nitrogen and oxygen atoms in total. The van der Waals surface area contributed by atoms with Crippen LogP contribution < -0.4 is 33.3 Å². The third-order valence-electron chi connectivity index (χ3n) is 5.61. The summed E-state index contributed by atoms with van der Waals surface area (Å²) in [4.78, 5) is 12.9. The molecule has 3 aromatic carbocycles. The number of benzene rings is 3. The van der Waals surface area contributed by atoms with Gasteiger partial charge in [-0.2, -0.15) is 0 Å². The number of nitrogens with one attached hydrogen (secondary N) is 1. The molecule has 0 atom stereocenters. The SMILES string of the molecule is COc1ccc(S(=O)(=O)N(CC(=O)NCc2ccc(OC)c(OC)c2OC)c2ccc(F)cc2)cc1OC. The standard InChI is InChI=1S/C26H29FN2O8S/c1-33-21-13-11-20(14-23(21)35-3)38(31,32)29(19-9-7-18(27)8-10-19)16-24(30)28-15-17-6-12-22(34-2)26(37-5)25(17)36-4/h6-14H,15-16H2,1-5H3,(H,28,30). The summed E-state index contributed by atoms with van der Waals surface area (Å²) in [5.41, 5.74) is 0.676. The second kappa shape index (κ2) is 12.4. The maximum Gasteiger partial charge on any atom is 0.264 e. The van der Waals surface area contributed by atoms with Crippen LogP contribution in [0, 0.1) is 5.82 Å². The normalized spacial score (nSPS) is 10.9. The van der Waals surface area contributed by atoms with Crippen LogP contribution in [0.15, 0.2) is 59.5 Å². The fourth-order valence-corrected chi connectivity index (χ4v) is 5.15. The molecule has 12 heteroatoms. The number of ether oxygens (including phenoxy) is 5. The van der Waals surface area contributed by atoms with E-state index >= 15 is 0 Å². The van der Waals surface area contributed by atoms with Gasteiger partial charge in [-0.05, 0) is 48.5 Å². The average Bonchev–Trinajstić information content (AvgIpc) is 2.94. The van der Waals surface area contributed by atoms with Crippen LogP contribution in [-0.2, 0) is 21.4 Å². The summed E-state index contributed by atoms with van der Waals surface area (Å²) in [7, 11) is 2.92. The second-order valence-corrected chi connectivity index (χ2v) is 9.64. The van der Waals surface area contributed by atoms with Gasteiger partial charge in [0.05, 0.1) is 46.1 Å². The van der Waals surface area contributed by atoms with Crippen LogP contribution in [0.25, 0.3) is 0 Å². The molecule has 3 aromatic rings. The molecular weight excluding hydrogens is 519 g/mol. The maximum atomic E-state index is 13.7. The molecule has 0 bridgehead atoms. The van der Waals surface area contributed by atoms with E-state index in [1.54, 1.807) is 12.1 Å². The minimum absolute atomic E-state index is 0.00995. The molecule has 0 unspecified atom stereocenters. The molecule has 1 N–H and O–H groups in total. The number of anilines is 1. The smallest absolute Gasteiger partial charge is 0.264 e. The van der Waals surface area contributed by atoms with Gasteiger partial charge in [-0.1, -0.05) is 0 Å². The molecule has 204 valence electrons. The van der Waals surface area contributed by atoms with Gasteiger partial charge in [0.2, 0.25) is 11.7 Å². The number of methoxy groups -OCH3 is 5. The van der Waals surface area contributed by atoms with Crippen molar-refractivity contribution in [2.75, 3.05) is 46.4 Å². The largest absolute Gasteiger partial charge is 0.493 e. The van der Waals surface area contributed by atoms with E-state index in [2.05, 4.69) is 5.32 Å². The number of carbonyl (C=O) groups excluding carboxylic acids is 1. The van der Waals surface area contributed by atoms with Crippen molar-refractivity contribution in [3.05, 3.63) is 66.0 Å². The Morgan fingerprint density at radius 2 is 1.39 bits per heavy atom. The van der Waals surface area contributed by atoms with Crippen molar-refractivity contribution in [1.82, 2.24) is 5.32 Å². The van der Waals surface area contributed by atoms with Gasteiger partial charge in [0.1, 0.15) is 12.4 Å². The molecular formula is C26H29FN2O8S. The zero-order valence-electron chi connectivity index (χ0n) is 21.6. The highest BCUT2D eigenvalue weighted by molar-refractivity contribution is 7.92. The molecule has 3 rings (SSSR count). The highest BCUT2D eigenvalue weighted by Gasteiger charge is 2.28. The van der Waals surface area contributed by atoms with Gasteiger partial charge in [0.25, 0.3) is 10.0 Å². The van der Waals surface area contributed by atoms with Crippen LogP contribution in [-0.4, -0.2) is 56.4 Å². The van der Waals surface area contributed by atoms with Gasteiger partial charge in [-0.15, -0.1) is 0 Å². The van der Waals surface area contributed by atoms with Crippen molar-refractivity contribution < 1.29 is 41.3 Å². The van der Waals surface area contributed by atoms with Crippen LogP contribution in [0.1, 0.15) is 5.56 Å². The Hall–Kier alpha value is -4.19. The first-order chi connectivity index (χ1) is 18.2. The number of rotatable bonds is 12. The number of hydrogen-bond acceptors (Lipinski definition) is 8. The monoisotopic (exact) mass is 548 g/mol. The zero-order chi connectivity index (χ0) is 27.9. The van der Waals surface area contributed by atoms with Crippen molar-refractivity contribution in [2.24, 2.45) is 0 Å². The Balaban J connectivity index is 1.91. The van der Waals surface area contributed by atoms with E-state index < -0.39 is 28.3 Å². The first-order valence-corrected chi connectivity index (χ1v) is 12.7. The molecule has 0 aliphatic heterocycles. The lowest BCUT2D eigenvalue weighted by atomic mass is 10.1. The highest BCUT2D eigenvalue weighted by atomic mass is 32.2. The van der Waals surface area contributed by atoms with Gasteiger partial charge in [0.15, 0.2) is 23.0 Å². The number of hydrogen-bond donors (Lipinski definition) is 1. The molecule has 0 radical (unpaired) electrons. The highest BCUT2D eigenvalue weighted by Crippen LogP contribution is 2.39. The predicted octanol–water partition coefficient (Wildman–Crippen LogP) is 3.38. The second-order valence-electron chi connectivity index (χ2n) is 7.78. The van der Waals surface area contributed by atoms with Crippen molar-refractivity contribution in [1.29, 1.82) is 0 Å². The van der Waals surface area contributed by atoms with Gasteiger partial charge < -0.3 is 29.0 Å². The summed E-state index contributed by atoms with van der Waals surface area (Å²) in [5.74, 6) is 0.519. The Morgan fingerprint density at radius 3 is 1.97 bits per heavy atom. The quantitative estimate of drug-likeness (QED) is 0.367. The van der Waals surface area contributed by atoms with E-state index in [0.29, 0.717) is 28.6 Å². The molecule has 38 heavy (non-hydrogen) atoms. The summed E-state index contributed by atoms with van der Waals surface area (Å²) in [5, 5.41) is 2.70. The lowest BCUT2D eigenvalue weighted by Crippen LogP contribution is -2.40. The Labute approximate surface area is 220 Å². The predicted molar refractivity (Wildman–Crippen MR) is 138 cm³/mol. The van der Waals surface area contributed by atoms with E-state index in [9.17, 15) is 17.6 Å². The molecule has 0 aliphatic carbocycles. The van der Waals surface area contributed by atoms with E-state index in [-0.39, 0.29) is 22.9 Å². The fraction of sp³-hybridized carbons (Fsp3) is 0.269. The summed E-state index contributed by atoms with van der Waals surface area (Å²) < 4.78 is 68.3. The van der Waals surface area contributed by atoms with Crippen molar-refractivity contribution >= 4 is 21.6 Å². The van der Waals surface area contributed by atoms with Crippen LogP contribution in [0.3, 0.4) is 0 Å². The summed E-state index contributed by atoms with van der Waals surface area (Å²) in [6.07, 6.45) is 0. The molecule has 0 spiro atoms. The molecule has 0 saturated heterocycles. The van der Waals surface area contributed by atoms with Crippen LogP contribution in [0.2, 0.25) is 0 Å². The molecule has 0 aliphatic rings. The lowest BCUT2D eigenvalue weighted by molar-refractivity contribution is -0.119. The van der Waals surface area contributed by atoms with Gasteiger partial charge in [-0.3, -0.25) is 9.10 Å². The molecule has 1 amide bonds. The van der Waals surface area contributed by atoms with Crippen LogP contribution in [0.5, 0.6) is 28.7 Å². The third-order valence-corrected chi connectivity index (χ3v) is 7.38.